The highest BCUT2D eigenvalue weighted by Gasteiger charge is 2.20. The molecule has 0 amide bonds. The minimum Gasteiger partial charge on any atom is -0.262 e. The summed E-state index contributed by atoms with van der Waals surface area (Å²) in [4.78, 5) is 4.57. The molecule has 3 rings (SSSR count). The lowest BCUT2D eigenvalue weighted by molar-refractivity contribution is 1.11. The van der Waals surface area contributed by atoms with E-state index < -0.39 is 0 Å². The molecule has 0 bridgehead atoms. The molecule has 0 fully saturated rings. The van der Waals surface area contributed by atoms with Crippen LogP contribution in [-0.2, 0) is 6.32 Å². The fraction of sp³-hybridized carbons (Fsp3) is 0.105. The van der Waals surface area contributed by atoms with E-state index >= 15 is 0 Å². The van der Waals surface area contributed by atoms with Gasteiger partial charge in [0.1, 0.15) is 0 Å². The lowest BCUT2D eigenvalue weighted by Crippen LogP contribution is -2.44. The van der Waals surface area contributed by atoms with Crippen LogP contribution in [0.2, 0.25) is 0 Å². The van der Waals surface area contributed by atoms with Gasteiger partial charge in [0, 0.05) is 11.9 Å². The number of pyridine rings is 1. The van der Waals surface area contributed by atoms with E-state index in [1.54, 1.807) is 0 Å². The maximum Gasteiger partial charge on any atom is 0.215 e. The summed E-state index contributed by atoms with van der Waals surface area (Å²) >= 11 is 0. The number of rotatable bonds is 4. The molecule has 0 spiro atoms. The minimum absolute atomic E-state index is 0.348. The second-order valence-corrected chi connectivity index (χ2v) is 5.35. The molecule has 1 nitrogen and oxygen atoms in total. The zero-order valence-corrected chi connectivity index (χ0v) is 12.2. The molecule has 0 radical (unpaired) electrons. The van der Waals surface area contributed by atoms with E-state index in [1.807, 2.05) is 12.3 Å². The molecule has 0 aliphatic carbocycles. The van der Waals surface area contributed by atoms with Gasteiger partial charge in [0.25, 0.3) is 0 Å². The van der Waals surface area contributed by atoms with Crippen LogP contribution in [0.15, 0.2) is 79.0 Å². The first-order chi connectivity index (χ1) is 10.3. The highest BCUT2D eigenvalue weighted by Crippen LogP contribution is 2.07. The number of hydrogen-bond acceptors (Lipinski definition) is 1. The average molecular weight is 271 g/mol. The highest BCUT2D eigenvalue weighted by molar-refractivity contribution is 6.84. The normalized spacial score (nSPS) is 10.3. The molecule has 0 saturated carbocycles. The highest BCUT2D eigenvalue weighted by atomic mass is 14.7. The Morgan fingerprint density at radius 1 is 0.762 bits per heavy atom. The van der Waals surface area contributed by atoms with Crippen LogP contribution in [0, 0.1) is 6.92 Å². The third kappa shape index (κ3) is 3.22. The third-order valence-corrected chi connectivity index (χ3v) is 3.92. The van der Waals surface area contributed by atoms with E-state index in [2.05, 4.69) is 78.6 Å². The molecule has 0 atom stereocenters. The Balaban J connectivity index is 1.99. The van der Waals surface area contributed by atoms with Gasteiger partial charge in [-0.05, 0) is 24.9 Å². The first kappa shape index (κ1) is 13.6. The molecule has 21 heavy (non-hydrogen) atoms. The predicted molar refractivity (Wildman–Crippen MR) is 90.6 cm³/mol. The first-order valence-electron chi connectivity index (χ1n) is 7.35. The minimum atomic E-state index is 0.348. The number of benzene rings is 2. The van der Waals surface area contributed by atoms with Gasteiger partial charge in [-0.2, -0.15) is 0 Å². The van der Waals surface area contributed by atoms with Gasteiger partial charge in [-0.15, -0.1) is 0 Å². The summed E-state index contributed by atoms with van der Waals surface area (Å²) in [5.41, 5.74) is 5.12. The maximum absolute atomic E-state index is 4.57. The fourth-order valence-electron chi connectivity index (χ4n) is 2.72. The van der Waals surface area contributed by atoms with Crippen LogP contribution in [0.4, 0.5) is 0 Å². The van der Waals surface area contributed by atoms with Crippen molar-refractivity contribution in [1.82, 2.24) is 4.98 Å². The smallest absolute Gasteiger partial charge is 0.215 e. The molecule has 0 saturated heterocycles. The molecular weight excluding hydrogens is 253 g/mol. The standard InChI is InChI=1S/C19H18BN/c1-16-9-8-14-21-19(16)15-20(17-10-4-2-5-11-17)18-12-6-3-7-13-18/h2-14H,15H2,1H3. The molecular formula is C19H18BN. The Morgan fingerprint density at radius 2 is 1.33 bits per heavy atom. The van der Waals surface area contributed by atoms with Crippen LogP contribution in [0.3, 0.4) is 0 Å². The van der Waals surface area contributed by atoms with Crippen LogP contribution in [0.1, 0.15) is 11.3 Å². The lowest BCUT2D eigenvalue weighted by Gasteiger charge is -2.15. The number of nitrogens with zero attached hydrogens (tertiary/aromatic N) is 1. The van der Waals surface area contributed by atoms with Gasteiger partial charge in [-0.3, -0.25) is 4.98 Å². The van der Waals surface area contributed by atoms with Crippen molar-refractivity contribution in [2.75, 3.05) is 0 Å². The molecule has 3 aromatic rings. The molecule has 1 aromatic heterocycles. The van der Waals surface area contributed by atoms with E-state index in [9.17, 15) is 0 Å². The van der Waals surface area contributed by atoms with Gasteiger partial charge in [-0.1, -0.05) is 77.7 Å². The van der Waals surface area contributed by atoms with Crippen molar-refractivity contribution in [3.05, 3.63) is 90.3 Å². The fourth-order valence-corrected chi connectivity index (χ4v) is 2.72. The topological polar surface area (TPSA) is 12.9 Å². The van der Waals surface area contributed by atoms with Crippen LogP contribution in [0.25, 0.3) is 0 Å². The summed E-state index contributed by atoms with van der Waals surface area (Å²) in [5.74, 6) is 0. The van der Waals surface area contributed by atoms with Crippen molar-refractivity contribution in [2.45, 2.75) is 13.2 Å². The van der Waals surface area contributed by atoms with Crippen LogP contribution in [0.5, 0.6) is 0 Å². The molecule has 2 aromatic carbocycles. The molecule has 1 heterocycles. The molecule has 0 aliphatic heterocycles. The first-order valence-corrected chi connectivity index (χ1v) is 7.35. The number of aryl methyl sites for hydroxylation is 1. The number of aromatic nitrogens is 1. The zero-order valence-electron chi connectivity index (χ0n) is 12.2. The molecule has 0 aliphatic rings. The summed E-state index contributed by atoms with van der Waals surface area (Å²) in [6.45, 7) is 2.48. The second-order valence-electron chi connectivity index (χ2n) is 5.35. The van der Waals surface area contributed by atoms with Crippen LogP contribution < -0.4 is 10.9 Å². The van der Waals surface area contributed by atoms with E-state index in [-0.39, 0.29) is 0 Å². The summed E-state index contributed by atoms with van der Waals surface area (Å²) in [5, 5.41) is 0. The van der Waals surface area contributed by atoms with Gasteiger partial charge in [0.2, 0.25) is 6.71 Å². The van der Waals surface area contributed by atoms with Crippen molar-refractivity contribution in [1.29, 1.82) is 0 Å². The van der Waals surface area contributed by atoms with E-state index in [1.165, 1.54) is 22.2 Å². The Morgan fingerprint density at radius 3 is 1.86 bits per heavy atom. The van der Waals surface area contributed by atoms with E-state index in [0.717, 1.165) is 6.32 Å². The van der Waals surface area contributed by atoms with E-state index in [4.69, 9.17) is 0 Å². The Kier molecular flexibility index (Phi) is 4.16. The third-order valence-electron chi connectivity index (χ3n) is 3.92. The lowest BCUT2D eigenvalue weighted by atomic mass is 9.38. The Hall–Kier alpha value is -2.35. The second kappa shape index (κ2) is 6.40. The van der Waals surface area contributed by atoms with Gasteiger partial charge in [-0.25, -0.2) is 0 Å². The SMILES string of the molecule is Cc1cccnc1CB(c1ccccc1)c1ccccc1. The molecule has 102 valence electrons. The van der Waals surface area contributed by atoms with Crippen LogP contribution >= 0.6 is 0 Å². The summed E-state index contributed by atoms with van der Waals surface area (Å²) in [7, 11) is 0. The van der Waals surface area contributed by atoms with Crippen molar-refractivity contribution in [2.24, 2.45) is 0 Å². The van der Waals surface area contributed by atoms with Crippen molar-refractivity contribution >= 4 is 17.6 Å². The zero-order chi connectivity index (χ0) is 14.5. The van der Waals surface area contributed by atoms with Crippen molar-refractivity contribution in [3.8, 4) is 0 Å². The quantitative estimate of drug-likeness (QED) is 0.665. The largest absolute Gasteiger partial charge is 0.262 e. The van der Waals surface area contributed by atoms with Crippen LogP contribution in [-0.4, -0.2) is 11.7 Å². The maximum atomic E-state index is 4.57. The molecule has 0 N–H and O–H groups in total. The summed E-state index contributed by atoms with van der Waals surface area (Å²) in [6, 6.07) is 25.5. The molecule has 2 heteroatoms. The summed E-state index contributed by atoms with van der Waals surface area (Å²) < 4.78 is 0. The van der Waals surface area contributed by atoms with Crippen molar-refractivity contribution in [3.63, 3.8) is 0 Å². The Labute approximate surface area is 126 Å². The van der Waals surface area contributed by atoms with Gasteiger partial charge < -0.3 is 0 Å². The predicted octanol–water partition coefficient (Wildman–Crippen LogP) is 2.78. The average Bonchev–Trinajstić information content (AvgIpc) is 2.56. The monoisotopic (exact) mass is 271 g/mol. The van der Waals surface area contributed by atoms with Gasteiger partial charge >= 0.3 is 0 Å². The molecule has 0 unspecified atom stereocenters. The Bertz CT molecular complexity index is 656. The van der Waals surface area contributed by atoms with Crippen molar-refractivity contribution < 1.29 is 0 Å². The van der Waals surface area contributed by atoms with Gasteiger partial charge in [0.05, 0.1) is 0 Å². The van der Waals surface area contributed by atoms with E-state index in [0.29, 0.717) is 6.71 Å². The van der Waals surface area contributed by atoms with Gasteiger partial charge in [0.15, 0.2) is 0 Å². The summed E-state index contributed by atoms with van der Waals surface area (Å²) in [6.07, 6.45) is 2.82. The number of hydrogen-bond donors (Lipinski definition) is 0.